The van der Waals surface area contributed by atoms with E-state index >= 15 is 0 Å². The number of carboxylic acid groups (broad SMARTS) is 2. The van der Waals surface area contributed by atoms with Crippen LogP contribution < -0.4 is 21.7 Å². The predicted octanol–water partition coefficient (Wildman–Crippen LogP) is -1.59. The topological polar surface area (TPSA) is 188 Å². The molecule has 4 unspecified atom stereocenters. The molecule has 0 aliphatic carbocycles. The molecule has 0 radical (unpaired) electrons. The first-order valence-corrected chi connectivity index (χ1v) is 8.48. The number of aliphatic carboxylic acids is 2. The fourth-order valence-electron chi connectivity index (χ4n) is 1.89. The van der Waals surface area contributed by atoms with Crippen LogP contribution in [0.15, 0.2) is 0 Å². The Balaban J connectivity index is 5.01. The van der Waals surface area contributed by atoms with E-state index in [-0.39, 0.29) is 18.8 Å². The molecule has 3 amide bonds. The minimum Gasteiger partial charge on any atom is -0.481 e. The molecule has 11 nitrogen and oxygen atoms in total. The molecule has 4 atom stereocenters. The van der Waals surface area contributed by atoms with Gasteiger partial charge in [-0.15, -0.1) is 0 Å². The van der Waals surface area contributed by atoms with E-state index in [0.717, 1.165) is 0 Å². The summed E-state index contributed by atoms with van der Waals surface area (Å²) >= 11 is 0. The van der Waals surface area contributed by atoms with Crippen LogP contribution in [0.2, 0.25) is 0 Å². The van der Waals surface area contributed by atoms with Gasteiger partial charge < -0.3 is 31.9 Å². The number of hydrogen-bond donors (Lipinski definition) is 6. The maximum absolute atomic E-state index is 12.4. The molecule has 0 aromatic heterocycles. The SMILES string of the molecule is CC(NC(=O)C(C)NC(=O)C(CCC(=O)O)NC(=O)C(N)C(C)C)C(=O)O. The number of carboxylic acids is 2. The van der Waals surface area contributed by atoms with Crippen molar-refractivity contribution in [3.63, 3.8) is 0 Å². The Labute approximate surface area is 157 Å². The van der Waals surface area contributed by atoms with Crippen molar-refractivity contribution in [1.82, 2.24) is 16.0 Å². The molecule has 0 aromatic carbocycles. The van der Waals surface area contributed by atoms with E-state index in [9.17, 15) is 24.0 Å². The van der Waals surface area contributed by atoms with Crippen molar-refractivity contribution in [3.8, 4) is 0 Å². The highest BCUT2D eigenvalue weighted by atomic mass is 16.4. The zero-order chi connectivity index (χ0) is 21.3. The van der Waals surface area contributed by atoms with Crippen LogP contribution in [0.4, 0.5) is 0 Å². The molecule has 0 saturated heterocycles. The molecule has 0 spiro atoms. The number of hydrogen-bond acceptors (Lipinski definition) is 6. The van der Waals surface area contributed by atoms with Crippen molar-refractivity contribution in [2.75, 3.05) is 0 Å². The van der Waals surface area contributed by atoms with Gasteiger partial charge in [0.2, 0.25) is 17.7 Å². The average Bonchev–Trinajstić information content (AvgIpc) is 2.56. The van der Waals surface area contributed by atoms with Gasteiger partial charge in [0, 0.05) is 6.42 Å². The number of nitrogens with one attached hydrogen (secondary N) is 3. The van der Waals surface area contributed by atoms with Gasteiger partial charge >= 0.3 is 11.9 Å². The van der Waals surface area contributed by atoms with E-state index in [1.807, 2.05) is 0 Å². The van der Waals surface area contributed by atoms with E-state index in [1.54, 1.807) is 13.8 Å². The molecule has 0 bridgehead atoms. The van der Waals surface area contributed by atoms with E-state index in [2.05, 4.69) is 16.0 Å². The van der Waals surface area contributed by atoms with E-state index in [1.165, 1.54) is 13.8 Å². The Morgan fingerprint density at radius 3 is 1.78 bits per heavy atom. The zero-order valence-corrected chi connectivity index (χ0v) is 15.8. The smallest absolute Gasteiger partial charge is 0.325 e. The van der Waals surface area contributed by atoms with Crippen molar-refractivity contribution in [3.05, 3.63) is 0 Å². The highest BCUT2D eigenvalue weighted by molar-refractivity contribution is 5.94. The standard InChI is InChI=1S/C16H28N4O7/c1-7(2)12(17)15(25)20-10(5-6-11(21)22)14(24)18-8(3)13(23)19-9(4)16(26)27/h7-10,12H,5-6,17H2,1-4H3,(H,18,24)(H,19,23)(H,20,25)(H,21,22)(H,26,27). The zero-order valence-electron chi connectivity index (χ0n) is 15.8. The third kappa shape index (κ3) is 8.99. The molecule has 154 valence electrons. The van der Waals surface area contributed by atoms with Gasteiger partial charge in [0.05, 0.1) is 6.04 Å². The second-order valence-corrected chi connectivity index (χ2v) is 6.56. The number of nitrogens with two attached hydrogens (primary N) is 1. The molecule has 0 heterocycles. The van der Waals surface area contributed by atoms with Crippen molar-refractivity contribution in [2.24, 2.45) is 11.7 Å². The maximum Gasteiger partial charge on any atom is 0.325 e. The van der Waals surface area contributed by atoms with Crippen molar-refractivity contribution < 1.29 is 34.2 Å². The Bertz CT molecular complexity index is 579. The molecular formula is C16H28N4O7. The van der Waals surface area contributed by atoms with E-state index < -0.39 is 53.8 Å². The summed E-state index contributed by atoms with van der Waals surface area (Å²) in [6.45, 7) is 6.02. The lowest BCUT2D eigenvalue weighted by atomic mass is 10.0. The summed E-state index contributed by atoms with van der Waals surface area (Å²) in [4.78, 5) is 57.9. The molecule has 0 fully saturated rings. The molecular weight excluding hydrogens is 360 g/mol. The fourth-order valence-corrected chi connectivity index (χ4v) is 1.89. The van der Waals surface area contributed by atoms with Crippen LogP contribution in [0.25, 0.3) is 0 Å². The summed E-state index contributed by atoms with van der Waals surface area (Å²) in [6.07, 6.45) is -0.580. The maximum atomic E-state index is 12.4. The molecule has 27 heavy (non-hydrogen) atoms. The Kier molecular flexibility index (Phi) is 10.0. The summed E-state index contributed by atoms with van der Waals surface area (Å²) in [5, 5.41) is 24.5. The largest absolute Gasteiger partial charge is 0.481 e. The van der Waals surface area contributed by atoms with Crippen LogP contribution in [-0.4, -0.2) is 64.0 Å². The van der Waals surface area contributed by atoms with Crippen LogP contribution in [0, 0.1) is 5.92 Å². The van der Waals surface area contributed by atoms with Crippen LogP contribution in [0.3, 0.4) is 0 Å². The molecule has 0 saturated carbocycles. The van der Waals surface area contributed by atoms with Gasteiger partial charge in [-0.2, -0.15) is 0 Å². The predicted molar refractivity (Wildman–Crippen MR) is 94.5 cm³/mol. The first-order valence-electron chi connectivity index (χ1n) is 8.48. The second kappa shape index (κ2) is 11.1. The van der Waals surface area contributed by atoms with Gasteiger partial charge in [-0.3, -0.25) is 24.0 Å². The Morgan fingerprint density at radius 1 is 0.815 bits per heavy atom. The molecule has 0 aromatic rings. The van der Waals surface area contributed by atoms with Crippen LogP contribution in [-0.2, 0) is 24.0 Å². The van der Waals surface area contributed by atoms with Crippen molar-refractivity contribution >= 4 is 29.7 Å². The highest BCUT2D eigenvalue weighted by Crippen LogP contribution is 2.03. The summed E-state index contributed by atoms with van der Waals surface area (Å²) < 4.78 is 0. The lowest BCUT2D eigenvalue weighted by Gasteiger charge is -2.23. The molecule has 0 aliphatic heterocycles. The number of rotatable bonds is 11. The normalized spacial score (nSPS) is 15.2. The van der Waals surface area contributed by atoms with Crippen LogP contribution in [0.1, 0.15) is 40.5 Å². The summed E-state index contributed by atoms with van der Waals surface area (Å²) in [6, 6.07) is -4.33. The molecule has 11 heteroatoms. The quantitative estimate of drug-likeness (QED) is 0.244. The monoisotopic (exact) mass is 388 g/mol. The van der Waals surface area contributed by atoms with Crippen molar-refractivity contribution in [1.29, 1.82) is 0 Å². The molecule has 0 aliphatic rings. The summed E-state index contributed by atoms with van der Waals surface area (Å²) in [5.74, 6) is -4.72. The van der Waals surface area contributed by atoms with E-state index in [0.29, 0.717) is 0 Å². The number of carbonyl (C=O) groups excluding carboxylic acids is 3. The van der Waals surface area contributed by atoms with Gasteiger partial charge in [0.15, 0.2) is 0 Å². The average molecular weight is 388 g/mol. The first-order chi connectivity index (χ1) is 12.4. The lowest BCUT2D eigenvalue weighted by Crippen LogP contribution is -2.56. The summed E-state index contributed by atoms with van der Waals surface area (Å²) in [5.41, 5.74) is 5.72. The van der Waals surface area contributed by atoms with Gasteiger partial charge in [-0.25, -0.2) is 0 Å². The van der Waals surface area contributed by atoms with Crippen LogP contribution >= 0.6 is 0 Å². The lowest BCUT2D eigenvalue weighted by molar-refractivity contribution is -0.141. The molecule has 7 N–H and O–H groups in total. The minimum atomic E-state index is -1.24. The number of amides is 3. The van der Waals surface area contributed by atoms with Crippen molar-refractivity contribution in [2.45, 2.75) is 64.7 Å². The molecule has 0 rings (SSSR count). The Morgan fingerprint density at radius 2 is 1.33 bits per heavy atom. The fraction of sp³-hybridized carbons (Fsp3) is 0.688. The van der Waals surface area contributed by atoms with Gasteiger partial charge in [-0.05, 0) is 26.2 Å². The number of carbonyl (C=O) groups is 5. The van der Waals surface area contributed by atoms with Gasteiger partial charge in [0.25, 0.3) is 0 Å². The van der Waals surface area contributed by atoms with E-state index in [4.69, 9.17) is 15.9 Å². The van der Waals surface area contributed by atoms with Gasteiger partial charge in [-0.1, -0.05) is 13.8 Å². The first kappa shape index (κ1) is 24.3. The van der Waals surface area contributed by atoms with Gasteiger partial charge in [0.1, 0.15) is 18.1 Å². The minimum absolute atomic E-state index is 0.197. The Hall–Kier alpha value is -2.69. The highest BCUT2D eigenvalue weighted by Gasteiger charge is 2.28. The third-order valence-electron chi connectivity index (χ3n) is 3.78. The summed E-state index contributed by atoms with van der Waals surface area (Å²) in [7, 11) is 0. The van der Waals surface area contributed by atoms with Crippen LogP contribution in [0.5, 0.6) is 0 Å². The second-order valence-electron chi connectivity index (χ2n) is 6.56. The third-order valence-corrected chi connectivity index (χ3v) is 3.78.